The number of hydrogen-bond donors (Lipinski definition) is 1. The normalized spacial score (nSPS) is 23.5. The molecule has 0 amide bonds. The molecule has 0 radical (unpaired) electrons. The van der Waals surface area contributed by atoms with Gasteiger partial charge in [0.05, 0.1) is 10.7 Å². The largest absolute Gasteiger partial charge is 0.326 e. The van der Waals surface area contributed by atoms with Gasteiger partial charge in [-0.2, -0.15) is 4.31 Å². The first kappa shape index (κ1) is 14.9. The van der Waals surface area contributed by atoms with E-state index in [4.69, 9.17) is 5.73 Å². The van der Waals surface area contributed by atoms with Gasteiger partial charge in [0, 0.05) is 18.6 Å². The van der Waals surface area contributed by atoms with E-state index in [0.717, 1.165) is 24.3 Å². The third-order valence-electron chi connectivity index (χ3n) is 3.51. The van der Waals surface area contributed by atoms with Crippen LogP contribution in [0, 0.1) is 13.8 Å². The highest BCUT2D eigenvalue weighted by Gasteiger charge is 2.37. The summed E-state index contributed by atoms with van der Waals surface area (Å²) in [6, 6.07) is -0.245. The highest BCUT2D eigenvalue weighted by atomic mass is 32.2. The van der Waals surface area contributed by atoms with Crippen LogP contribution in [0.2, 0.25) is 0 Å². The lowest BCUT2D eigenvalue weighted by atomic mass is 10.00. The Hall–Kier alpha value is -0.500. The lowest BCUT2D eigenvalue weighted by molar-refractivity contribution is 0.227. The lowest BCUT2D eigenvalue weighted by Crippen LogP contribution is -2.51. The van der Waals surface area contributed by atoms with Gasteiger partial charge >= 0.3 is 0 Å². The fraction of sp³-hybridized carbons (Fsp3) is 0.750. The fourth-order valence-corrected chi connectivity index (χ4v) is 5.98. The first-order valence-corrected chi connectivity index (χ1v) is 8.81. The average molecular weight is 303 g/mol. The minimum Gasteiger partial charge on any atom is -0.326 e. The van der Waals surface area contributed by atoms with E-state index in [0.29, 0.717) is 16.4 Å². The number of thiazole rings is 1. The highest BCUT2D eigenvalue weighted by Crippen LogP contribution is 2.31. The highest BCUT2D eigenvalue weighted by molar-refractivity contribution is 7.91. The molecule has 1 fully saturated rings. The molecule has 2 heterocycles. The summed E-state index contributed by atoms with van der Waals surface area (Å²) in [6.07, 6.45) is 2.78. The van der Waals surface area contributed by atoms with Gasteiger partial charge in [0.15, 0.2) is 4.21 Å². The molecule has 108 valence electrons. The third kappa shape index (κ3) is 2.84. The van der Waals surface area contributed by atoms with Crippen molar-refractivity contribution in [2.75, 3.05) is 6.54 Å². The van der Waals surface area contributed by atoms with Gasteiger partial charge in [0.25, 0.3) is 10.0 Å². The number of piperidine rings is 1. The van der Waals surface area contributed by atoms with E-state index < -0.39 is 10.0 Å². The summed E-state index contributed by atoms with van der Waals surface area (Å²) in [5.41, 5.74) is 6.55. The molecule has 0 aliphatic carbocycles. The standard InChI is InChI=1S/C12H21N3O2S2/c1-8(13)11-6-4-5-7-15(11)19(16,17)12-9(2)14-10(3)18-12/h8,11H,4-7,13H2,1-3H3/t8-,11+/m0/s1. The van der Waals surface area contributed by atoms with Crippen molar-refractivity contribution in [2.45, 2.75) is 56.3 Å². The van der Waals surface area contributed by atoms with E-state index in [1.54, 1.807) is 11.2 Å². The fourth-order valence-electron chi connectivity index (χ4n) is 2.61. The van der Waals surface area contributed by atoms with Crippen molar-refractivity contribution in [1.82, 2.24) is 9.29 Å². The zero-order valence-corrected chi connectivity index (χ0v) is 13.2. The maximum Gasteiger partial charge on any atom is 0.254 e. The van der Waals surface area contributed by atoms with Crippen molar-refractivity contribution in [3.8, 4) is 0 Å². The summed E-state index contributed by atoms with van der Waals surface area (Å²) < 4.78 is 27.5. The van der Waals surface area contributed by atoms with Crippen molar-refractivity contribution in [3.63, 3.8) is 0 Å². The van der Waals surface area contributed by atoms with Gasteiger partial charge in [0.1, 0.15) is 0 Å². The van der Waals surface area contributed by atoms with Crippen LogP contribution in [0.5, 0.6) is 0 Å². The third-order valence-corrected chi connectivity index (χ3v) is 7.09. The molecule has 0 aromatic carbocycles. The Morgan fingerprint density at radius 3 is 2.63 bits per heavy atom. The Kier molecular flexibility index (Phi) is 4.29. The molecule has 1 aromatic rings. The molecule has 0 unspecified atom stereocenters. The molecule has 0 spiro atoms. The topological polar surface area (TPSA) is 76.3 Å². The smallest absolute Gasteiger partial charge is 0.254 e. The summed E-state index contributed by atoms with van der Waals surface area (Å²) in [4.78, 5) is 4.22. The zero-order chi connectivity index (χ0) is 14.2. The minimum atomic E-state index is -3.46. The van der Waals surface area contributed by atoms with Gasteiger partial charge in [-0.1, -0.05) is 6.42 Å². The predicted molar refractivity (Wildman–Crippen MR) is 76.8 cm³/mol. The number of nitrogens with zero attached hydrogens (tertiary/aromatic N) is 2. The Bertz CT molecular complexity index is 551. The van der Waals surface area contributed by atoms with Gasteiger partial charge in [-0.3, -0.25) is 0 Å². The number of aryl methyl sites for hydroxylation is 2. The van der Waals surface area contributed by atoms with Crippen LogP contribution in [0.25, 0.3) is 0 Å². The van der Waals surface area contributed by atoms with Crippen LogP contribution < -0.4 is 5.73 Å². The van der Waals surface area contributed by atoms with Crippen molar-refractivity contribution >= 4 is 21.4 Å². The lowest BCUT2D eigenvalue weighted by Gasteiger charge is -2.36. The number of rotatable bonds is 3. The van der Waals surface area contributed by atoms with Crippen molar-refractivity contribution in [1.29, 1.82) is 0 Å². The molecular formula is C12H21N3O2S2. The summed E-state index contributed by atoms with van der Waals surface area (Å²) >= 11 is 1.25. The second-order valence-corrected chi connectivity index (χ2v) is 8.43. The SMILES string of the molecule is Cc1nc(C)c(S(=O)(=O)N2CCCC[C@@H]2[C@H](C)N)s1. The van der Waals surface area contributed by atoms with Crippen LogP contribution in [0.1, 0.15) is 36.9 Å². The second-order valence-electron chi connectivity index (χ2n) is 5.14. The molecule has 5 nitrogen and oxygen atoms in total. The molecule has 1 aliphatic heterocycles. The van der Waals surface area contributed by atoms with Gasteiger partial charge in [-0.25, -0.2) is 13.4 Å². The molecule has 7 heteroatoms. The number of sulfonamides is 1. The Balaban J connectivity index is 2.40. The molecule has 0 bridgehead atoms. The molecule has 1 aromatic heterocycles. The Morgan fingerprint density at radius 2 is 2.11 bits per heavy atom. The van der Waals surface area contributed by atoms with E-state index in [-0.39, 0.29) is 12.1 Å². The number of aromatic nitrogens is 1. The maximum absolute atomic E-state index is 12.8. The molecule has 2 N–H and O–H groups in total. The van der Waals surface area contributed by atoms with Crippen LogP contribution in [0.3, 0.4) is 0 Å². The molecule has 2 atom stereocenters. The van der Waals surface area contributed by atoms with Gasteiger partial charge < -0.3 is 5.73 Å². The molecule has 19 heavy (non-hydrogen) atoms. The van der Waals surface area contributed by atoms with Crippen LogP contribution >= 0.6 is 11.3 Å². The van der Waals surface area contributed by atoms with Gasteiger partial charge in [0.2, 0.25) is 0 Å². The first-order valence-electron chi connectivity index (χ1n) is 6.55. The summed E-state index contributed by atoms with van der Waals surface area (Å²) in [7, 11) is -3.46. The molecule has 2 rings (SSSR count). The van der Waals surface area contributed by atoms with E-state index in [2.05, 4.69) is 4.98 Å². The monoisotopic (exact) mass is 303 g/mol. The van der Waals surface area contributed by atoms with E-state index in [1.807, 2.05) is 13.8 Å². The van der Waals surface area contributed by atoms with Crippen molar-refractivity contribution < 1.29 is 8.42 Å². The Morgan fingerprint density at radius 1 is 1.42 bits per heavy atom. The molecule has 0 saturated carbocycles. The quantitative estimate of drug-likeness (QED) is 0.921. The van der Waals surface area contributed by atoms with Crippen LogP contribution in [0.4, 0.5) is 0 Å². The van der Waals surface area contributed by atoms with E-state index >= 15 is 0 Å². The van der Waals surface area contributed by atoms with Crippen LogP contribution in [-0.2, 0) is 10.0 Å². The molecule has 1 aliphatic rings. The van der Waals surface area contributed by atoms with E-state index in [9.17, 15) is 8.42 Å². The zero-order valence-electron chi connectivity index (χ0n) is 11.6. The van der Waals surface area contributed by atoms with Crippen molar-refractivity contribution in [3.05, 3.63) is 10.7 Å². The Labute approximate surface area is 118 Å². The first-order chi connectivity index (χ1) is 8.84. The van der Waals surface area contributed by atoms with Crippen molar-refractivity contribution in [2.24, 2.45) is 5.73 Å². The second kappa shape index (κ2) is 5.47. The number of nitrogens with two attached hydrogens (primary N) is 1. The number of hydrogen-bond acceptors (Lipinski definition) is 5. The summed E-state index contributed by atoms with van der Waals surface area (Å²) in [6.45, 7) is 6.02. The molecular weight excluding hydrogens is 282 g/mol. The van der Waals surface area contributed by atoms with Crippen LogP contribution in [-0.4, -0.2) is 36.3 Å². The van der Waals surface area contributed by atoms with Gasteiger partial charge in [-0.15, -0.1) is 11.3 Å². The van der Waals surface area contributed by atoms with Gasteiger partial charge in [-0.05, 0) is 33.6 Å². The minimum absolute atomic E-state index is 0.0967. The summed E-state index contributed by atoms with van der Waals surface area (Å²) in [5.74, 6) is 0. The van der Waals surface area contributed by atoms with Crippen LogP contribution in [0.15, 0.2) is 4.21 Å². The average Bonchev–Trinajstić information content (AvgIpc) is 2.69. The predicted octanol–water partition coefficient (Wildman–Crippen LogP) is 1.65. The van der Waals surface area contributed by atoms with E-state index in [1.165, 1.54) is 11.3 Å². The summed E-state index contributed by atoms with van der Waals surface area (Å²) in [5, 5.41) is 0.783. The maximum atomic E-state index is 12.8. The molecule has 1 saturated heterocycles.